The standard InChI is InChI=1S/C15H24N2OS/c18-15(19)17(14-8-10-2-4-12(14)6-10)16-13-7-9-1-3-11(13)5-9/h9-14,16H,1-8H2,(H,18,19). The molecule has 0 aliphatic heterocycles. The van der Waals surface area contributed by atoms with E-state index in [1.807, 2.05) is 5.01 Å². The van der Waals surface area contributed by atoms with Crippen LogP contribution in [0.1, 0.15) is 51.4 Å². The van der Waals surface area contributed by atoms with Crippen molar-refractivity contribution in [3.8, 4) is 0 Å². The highest BCUT2D eigenvalue weighted by Gasteiger charge is 2.46. The molecule has 1 N–H and O–H groups in total. The van der Waals surface area contributed by atoms with Gasteiger partial charge in [-0.05, 0) is 62.2 Å². The van der Waals surface area contributed by atoms with Crippen molar-refractivity contribution in [3.05, 3.63) is 0 Å². The predicted octanol–water partition coefficient (Wildman–Crippen LogP) is 3.22. The van der Waals surface area contributed by atoms with Gasteiger partial charge in [0.15, 0.2) is 0 Å². The Bertz CT molecular complexity index is 388. The summed E-state index contributed by atoms with van der Waals surface area (Å²) in [7, 11) is 0. The van der Waals surface area contributed by atoms with Crippen molar-refractivity contribution in [2.45, 2.75) is 63.5 Å². The fourth-order valence-corrected chi connectivity index (χ4v) is 5.61. The van der Waals surface area contributed by atoms with Gasteiger partial charge in [-0.15, -0.1) is 0 Å². The van der Waals surface area contributed by atoms with Gasteiger partial charge in [0.1, 0.15) is 0 Å². The second-order valence-electron chi connectivity index (χ2n) is 7.31. The fourth-order valence-electron chi connectivity index (χ4n) is 5.40. The van der Waals surface area contributed by atoms with E-state index in [9.17, 15) is 4.79 Å². The molecule has 1 amide bonds. The van der Waals surface area contributed by atoms with Crippen molar-refractivity contribution in [1.29, 1.82) is 0 Å². The largest absolute Gasteiger partial charge is 0.292 e. The van der Waals surface area contributed by atoms with E-state index < -0.39 is 0 Å². The highest BCUT2D eigenvalue weighted by molar-refractivity contribution is 7.96. The summed E-state index contributed by atoms with van der Waals surface area (Å²) >= 11 is 4.13. The minimum Gasteiger partial charge on any atom is -0.265 e. The van der Waals surface area contributed by atoms with Gasteiger partial charge in [-0.3, -0.25) is 9.80 Å². The lowest BCUT2D eigenvalue weighted by atomic mass is 9.94. The molecule has 0 aromatic carbocycles. The van der Waals surface area contributed by atoms with Crippen molar-refractivity contribution in [3.63, 3.8) is 0 Å². The average Bonchev–Trinajstić information content (AvgIpc) is 3.14. The SMILES string of the molecule is O=C(S)N(NC1CC2CCC1C2)C1CC2CCC1C2. The molecule has 0 radical (unpaired) electrons. The van der Waals surface area contributed by atoms with Crippen LogP contribution < -0.4 is 5.43 Å². The molecule has 4 aliphatic rings. The lowest BCUT2D eigenvalue weighted by molar-refractivity contribution is 0.0971. The maximum Gasteiger partial charge on any atom is 0.292 e. The Morgan fingerprint density at radius 3 is 2.11 bits per heavy atom. The van der Waals surface area contributed by atoms with Crippen LogP contribution in [-0.4, -0.2) is 22.3 Å². The van der Waals surface area contributed by atoms with Crippen molar-refractivity contribution < 1.29 is 4.79 Å². The maximum absolute atomic E-state index is 11.9. The van der Waals surface area contributed by atoms with Crippen LogP contribution in [0.4, 0.5) is 4.79 Å². The molecule has 0 heterocycles. The normalized spacial score (nSPS) is 47.0. The second kappa shape index (κ2) is 4.66. The van der Waals surface area contributed by atoms with Crippen LogP contribution in [0.15, 0.2) is 0 Å². The average molecular weight is 280 g/mol. The van der Waals surface area contributed by atoms with Gasteiger partial charge < -0.3 is 0 Å². The van der Waals surface area contributed by atoms with Crippen LogP contribution in [0.2, 0.25) is 0 Å². The lowest BCUT2D eigenvalue weighted by Crippen LogP contribution is -2.54. The first kappa shape index (κ1) is 12.5. The summed E-state index contributed by atoms with van der Waals surface area (Å²) < 4.78 is 0. The first-order chi connectivity index (χ1) is 9.20. The molecule has 4 rings (SSSR count). The summed E-state index contributed by atoms with van der Waals surface area (Å²) in [5, 5.41) is 1.85. The summed E-state index contributed by atoms with van der Waals surface area (Å²) in [6, 6.07) is 0.955. The molecule has 3 nitrogen and oxygen atoms in total. The summed E-state index contributed by atoms with van der Waals surface area (Å²) in [6.07, 6.45) is 10.6. The number of hydrogen-bond acceptors (Lipinski definition) is 2. The minimum absolute atomic E-state index is 0.0691. The maximum atomic E-state index is 11.9. The number of hydrazine groups is 1. The molecule has 106 valence electrons. The van der Waals surface area contributed by atoms with Gasteiger partial charge >= 0.3 is 0 Å². The Morgan fingerprint density at radius 2 is 1.63 bits per heavy atom. The molecule has 0 aromatic heterocycles. The molecule has 4 heteroatoms. The summed E-state index contributed by atoms with van der Waals surface area (Å²) in [6.45, 7) is 0. The molecule has 6 atom stereocenters. The zero-order valence-electron chi connectivity index (χ0n) is 11.4. The molecule has 6 unspecified atom stereocenters. The number of thiol groups is 1. The van der Waals surface area contributed by atoms with Crippen molar-refractivity contribution in [1.82, 2.24) is 10.4 Å². The van der Waals surface area contributed by atoms with E-state index in [0.717, 1.165) is 23.7 Å². The van der Waals surface area contributed by atoms with E-state index in [1.165, 1.54) is 51.4 Å². The monoisotopic (exact) mass is 280 g/mol. The highest BCUT2D eigenvalue weighted by Crippen LogP contribution is 2.48. The van der Waals surface area contributed by atoms with E-state index in [-0.39, 0.29) is 5.24 Å². The number of nitrogens with one attached hydrogen (secondary N) is 1. The van der Waals surface area contributed by atoms with Crippen molar-refractivity contribution in [2.24, 2.45) is 23.7 Å². The lowest BCUT2D eigenvalue weighted by Gasteiger charge is -2.37. The number of nitrogens with zero attached hydrogens (tertiary/aromatic N) is 1. The van der Waals surface area contributed by atoms with E-state index in [2.05, 4.69) is 18.1 Å². The Kier molecular flexibility index (Phi) is 3.07. The van der Waals surface area contributed by atoms with Gasteiger partial charge in [0.2, 0.25) is 0 Å². The topological polar surface area (TPSA) is 32.3 Å². The molecule has 0 spiro atoms. The first-order valence-electron chi connectivity index (χ1n) is 7.99. The number of hydrogen-bond donors (Lipinski definition) is 2. The summed E-state index contributed by atoms with van der Waals surface area (Å²) in [5.41, 5.74) is 3.58. The summed E-state index contributed by atoms with van der Waals surface area (Å²) in [5.74, 6) is 3.32. The molecule has 4 bridgehead atoms. The molecule has 0 aromatic rings. The van der Waals surface area contributed by atoms with Crippen LogP contribution in [0, 0.1) is 23.7 Å². The van der Waals surface area contributed by atoms with Crippen LogP contribution in [0.25, 0.3) is 0 Å². The molecule has 0 saturated heterocycles. The number of carbonyl (C=O) groups is 1. The third kappa shape index (κ3) is 2.11. The minimum atomic E-state index is -0.0691. The number of fused-ring (bicyclic) bond motifs is 4. The van der Waals surface area contributed by atoms with Gasteiger partial charge in [-0.2, -0.15) is 0 Å². The fraction of sp³-hybridized carbons (Fsp3) is 0.933. The first-order valence-corrected chi connectivity index (χ1v) is 8.43. The van der Waals surface area contributed by atoms with Crippen LogP contribution in [-0.2, 0) is 0 Å². The molecular formula is C15H24N2OS. The van der Waals surface area contributed by atoms with Crippen LogP contribution >= 0.6 is 12.6 Å². The number of rotatable bonds is 3. The Balaban J connectivity index is 1.45. The number of carbonyl (C=O) groups excluding carboxylic acids is 1. The Morgan fingerprint density at radius 1 is 0.947 bits per heavy atom. The van der Waals surface area contributed by atoms with Crippen molar-refractivity contribution in [2.75, 3.05) is 0 Å². The highest BCUT2D eigenvalue weighted by atomic mass is 32.1. The zero-order chi connectivity index (χ0) is 13.0. The van der Waals surface area contributed by atoms with E-state index in [1.54, 1.807) is 0 Å². The molecular weight excluding hydrogens is 256 g/mol. The third-order valence-corrected chi connectivity index (χ3v) is 6.50. The Hall–Kier alpha value is -0.220. The quantitative estimate of drug-likeness (QED) is 0.614. The van der Waals surface area contributed by atoms with E-state index >= 15 is 0 Å². The second-order valence-corrected chi connectivity index (χ2v) is 7.69. The number of amides is 1. The van der Waals surface area contributed by atoms with Gasteiger partial charge in [0.25, 0.3) is 5.24 Å². The zero-order valence-corrected chi connectivity index (χ0v) is 12.3. The Labute approximate surface area is 120 Å². The predicted molar refractivity (Wildman–Crippen MR) is 77.8 cm³/mol. The summed E-state index contributed by atoms with van der Waals surface area (Å²) in [4.78, 5) is 11.9. The van der Waals surface area contributed by atoms with E-state index in [4.69, 9.17) is 0 Å². The van der Waals surface area contributed by atoms with Crippen LogP contribution in [0.3, 0.4) is 0 Å². The molecule has 4 saturated carbocycles. The molecule has 19 heavy (non-hydrogen) atoms. The third-order valence-electron chi connectivity index (χ3n) is 6.28. The van der Waals surface area contributed by atoms with Crippen LogP contribution in [0.5, 0.6) is 0 Å². The molecule has 4 aliphatic carbocycles. The van der Waals surface area contributed by atoms with E-state index in [0.29, 0.717) is 12.1 Å². The van der Waals surface area contributed by atoms with Crippen molar-refractivity contribution >= 4 is 17.9 Å². The van der Waals surface area contributed by atoms with Gasteiger partial charge in [-0.1, -0.05) is 25.5 Å². The smallest absolute Gasteiger partial charge is 0.265 e. The van der Waals surface area contributed by atoms with Gasteiger partial charge in [0, 0.05) is 6.04 Å². The van der Waals surface area contributed by atoms with Gasteiger partial charge in [0.05, 0.1) is 6.04 Å². The molecule has 4 fully saturated rings. The van der Waals surface area contributed by atoms with Gasteiger partial charge in [-0.25, -0.2) is 5.43 Å².